The molecule has 0 radical (unpaired) electrons. The Bertz CT molecular complexity index is 1160. The maximum Gasteiger partial charge on any atom is 0.294 e. The van der Waals surface area contributed by atoms with E-state index >= 15 is 0 Å². The van der Waals surface area contributed by atoms with E-state index in [1.165, 1.54) is 47.1 Å². The number of halogens is 1. The van der Waals surface area contributed by atoms with Gasteiger partial charge >= 0.3 is 0 Å². The highest BCUT2D eigenvalue weighted by Crippen LogP contribution is 2.22. The zero-order chi connectivity index (χ0) is 20.4. The number of benzene rings is 2. The van der Waals surface area contributed by atoms with Crippen LogP contribution in [0.2, 0.25) is 0 Å². The van der Waals surface area contributed by atoms with Crippen LogP contribution in [0.1, 0.15) is 21.7 Å². The molecule has 142 valence electrons. The van der Waals surface area contributed by atoms with E-state index in [0.29, 0.717) is 16.9 Å². The van der Waals surface area contributed by atoms with E-state index in [9.17, 15) is 24.1 Å². The van der Waals surface area contributed by atoms with E-state index < -0.39 is 27.8 Å². The second-order valence-corrected chi connectivity index (χ2v) is 6.07. The quantitative estimate of drug-likeness (QED) is 0.551. The Hall–Kier alpha value is -3.88. The lowest BCUT2D eigenvalue weighted by molar-refractivity contribution is -0.384. The van der Waals surface area contributed by atoms with Crippen molar-refractivity contribution in [1.82, 2.24) is 9.78 Å². The second kappa shape index (κ2) is 7.39. The summed E-state index contributed by atoms with van der Waals surface area (Å²) in [7, 11) is 0. The molecule has 2 aromatic carbocycles. The number of para-hydroxylation sites is 2. The van der Waals surface area contributed by atoms with Gasteiger partial charge in [-0.2, -0.15) is 5.10 Å². The predicted molar refractivity (Wildman–Crippen MR) is 100 cm³/mol. The molecule has 3 aromatic rings. The van der Waals surface area contributed by atoms with Gasteiger partial charge in [0.15, 0.2) is 5.69 Å². The lowest BCUT2D eigenvalue weighted by Crippen LogP contribution is -2.27. The van der Waals surface area contributed by atoms with E-state index in [2.05, 4.69) is 10.4 Å². The third-order valence-corrected chi connectivity index (χ3v) is 4.07. The lowest BCUT2D eigenvalue weighted by Gasteiger charge is -2.12. The molecule has 3 rings (SSSR count). The van der Waals surface area contributed by atoms with Gasteiger partial charge in [-0.25, -0.2) is 9.07 Å². The minimum absolute atomic E-state index is 0.122. The molecule has 0 aliphatic rings. The SMILES string of the molecule is Cc1cc(F)ccc1NC(=O)c1nn(-c2ccccc2[N+](=O)[O-])c(C)cc1=O. The summed E-state index contributed by atoms with van der Waals surface area (Å²) in [6.45, 7) is 3.16. The van der Waals surface area contributed by atoms with Crippen molar-refractivity contribution in [3.63, 3.8) is 0 Å². The van der Waals surface area contributed by atoms with Crippen LogP contribution in [0.25, 0.3) is 5.69 Å². The molecule has 0 fully saturated rings. The van der Waals surface area contributed by atoms with E-state index in [-0.39, 0.29) is 11.4 Å². The molecule has 9 heteroatoms. The van der Waals surface area contributed by atoms with Crippen LogP contribution in [0, 0.1) is 29.8 Å². The maximum absolute atomic E-state index is 13.2. The molecule has 0 aliphatic carbocycles. The number of nitrogens with one attached hydrogen (secondary N) is 1. The van der Waals surface area contributed by atoms with Crippen LogP contribution >= 0.6 is 0 Å². The van der Waals surface area contributed by atoms with Gasteiger partial charge in [-0.15, -0.1) is 0 Å². The van der Waals surface area contributed by atoms with Gasteiger partial charge in [-0.1, -0.05) is 12.1 Å². The van der Waals surface area contributed by atoms with Crippen molar-refractivity contribution in [2.45, 2.75) is 13.8 Å². The number of aromatic nitrogens is 2. The molecule has 1 amide bonds. The smallest absolute Gasteiger partial charge is 0.294 e. The summed E-state index contributed by atoms with van der Waals surface area (Å²) in [5.41, 5.74) is -0.0460. The Morgan fingerprint density at radius 3 is 2.57 bits per heavy atom. The molecule has 1 heterocycles. The molecule has 0 bridgehead atoms. The summed E-state index contributed by atoms with van der Waals surface area (Å²) < 4.78 is 14.4. The second-order valence-electron chi connectivity index (χ2n) is 6.07. The van der Waals surface area contributed by atoms with Crippen molar-refractivity contribution in [2.75, 3.05) is 5.32 Å². The molecule has 0 saturated carbocycles. The fourth-order valence-electron chi connectivity index (χ4n) is 2.70. The van der Waals surface area contributed by atoms with Crippen molar-refractivity contribution in [3.8, 4) is 5.69 Å². The summed E-state index contributed by atoms with van der Waals surface area (Å²) >= 11 is 0. The van der Waals surface area contributed by atoms with E-state index in [1.807, 2.05) is 0 Å². The Balaban J connectivity index is 2.06. The van der Waals surface area contributed by atoms with Gasteiger partial charge in [-0.3, -0.25) is 19.7 Å². The van der Waals surface area contributed by atoms with Crippen LogP contribution in [0.3, 0.4) is 0 Å². The van der Waals surface area contributed by atoms with Gasteiger partial charge in [0.05, 0.1) is 4.92 Å². The fraction of sp³-hybridized carbons (Fsp3) is 0.105. The number of anilines is 1. The molecule has 0 saturated heterocycles. The van der Waals surface area contributed by atoms with Crippen LogP contribution in [0.4, 0.5) is 15.8 Å². The molecule has 0 spiro atoms. The van der Waals surface area contributed by atoms with Crippen LogP contribution in [0.5, 0.6) is 0 Å². The van der Waals surface area contributed by atoms with Crippen molar-refractivity contribution >= 4 is 17.3 Å². The van der Waals surface area contributed by atoms with Crippen molar-refractivity contribution in [1.29, 1.82) is 0 Å². The van der Waals surface area contributed by atoms with Gasteiger partial charge in [0.1, 0.15) is 11.5 Å². The predicted octanol–water partition coefficient (Wildman–Crippen LogP) is 3.15. The third-order valence-electron chi connectivity index (χ3n) is 4.07. The Morgan fingerprint density at radius 2 is 1.89 bits per heavy atom. The lowest BCUT2D eigenvalue weighted by atomic mass is 10.2. The largest absolute Gasteiger partial charge is 0.320 e. The minimum atomic E-state index is -0.799. The monoisotopic (exact) mass is 382 g/mol. The Morgan fingerprint density at radius 1 is 1.18 bits per heavy atom. The molecule has 0 unspecified atom stereocenters. The average molecular weight is 382 g/mol. The maximum atomic E-state index is 13.2. The number of nitrogens with zero attached hydrogens (tertiary/aromatic N) is 3. The van der Waals surface area contributed by atoms with Gasteiger partial charge in [-0.05, 0) is 43.7 Å². The summed E-state index contributed by atoms with van der Waals surface area (Å²) in [5.74, 6) is -1.25. The highest BCUT2D eigenvalue weighted by Gasteiger charge is 2.20. The summed E-state index contributed by atoms with van der Waals surface area (Å²) in [6.07, 6.45) is 0. The van der Waals surface area contributed by atoms with E-state index in [0.717, 1.165) is 0 Å². The standard InChI is InChI=1S/C19H15FN4O4/c1-11-9-13(20)7-8-14(11)21-19(26)18-17(25)10-12(2)23(22-18)15-5-3-4-6-16(15)24(27)28/h3-10H,1-2H3,(H,21,26). The van der Waals surface area contributed by atoms with Crippen LogP contribution in [-0.4, -0.2) is 20.6 Å². The molecule has 1 aromatic heterocycles. The fourth-order valence-corrected chi connectivity index (χ4v) is 2.70. The number of amides is 1. The molecule has 8 nitrogen and oxygen atoms in total. The van der Waals surface area contributed by atoms with Crippen LogP contribution in [0.15, 0.2) is 53.3 Å². The Labute approximate surface area is 158 Å². The first-order valence-corrected chi connectivity index (χ1v) is 8.20. The Kier molecular flexibility index (Phi) is 4.99. The van der Waals surface area contributed by atoms with E-state index in [1.54, 1.807) is 19.9 Å². The van der Waals surface area contributed by atoms with Crippen molar-refractivity contribution in [2.24, 2.45) is 0 Å². The first kappa shape index (κ1) is 18.9. The van der Waals surface area contributed by atoms with Gasteiger partial charge in [0.2, 0.25) is 5.43 Å². The van der Waals surface area contributed by atoms with E-state index in [4.69, 9.17) is 0 Å². The average Bonchev–Trinajstić information content (AvgIpc) is 2.64. The van der Waals surface area contributed by atoms with Crippen molar-refractivity contribution < 1.29 is 14.1 Å². The number of nitro groups is 1. The summed E-state index contributed by atoms with van der Waals surface area (Å²) in [6, 6.07) is 10.8. The molecular weight excluding hydrogens is 367 g/mol. The minimum Gasteiger partial charge on any atom is -0.320 e. The molecule has 0 aliphatic heterocycles. The number of nitro benzene ring substituents is 1. The number of rotatable bonds is 4. The molecule has 0 atom stereocenters. The van der Waals surface area contributed by atoms with Gasteiger partial charge in [0, 0.05) is 23.5 Å². The van der Waals surface area contributed by atoms with Crippen LogP contribution in [-0.2, 0) is 0 Å². The number of hydrogen-bond donors (Lipinski definition) is 1. The normalized spacial score (nSPS) is 10.5. The number of hydrogen-bond acceptors (Lipinski definition) is 5. The first-order valence-electron chi connectivity index (χ1n) is 8.20. The topological polar surface area (TPSA) is 107 Å². The van der Waals surface area contributed by atoms with Crippen LogP contribution < -0.4 is 10.7 Å². The van der Waals surface area contributed by atoms with Gasteiger partial charge in [0.25, 0.3) is 11.6 Å². The number of carbonyl (C=O) groups is 1. The molecule has 28 heavy (non-hydrogen) atoms. The number of aryl methyl sites for hydroxylation is 2. The number of carbonyl (C=O) groups excluding carboxylic acids is 1. The first-order chi connectivity index (χ1) is 13.3. The highest BCUT2D eigenvalue weighted by molar-refractivity contribution is 6.03. The molecule has 1 N–H and O–H groups in total. The zero-order valence-corrected chi connectivity index (χ0v) is 15.0. The zero-order valence-electron chi connectivity index (χ0n) is 15.0. The molecular formula is C19H15FN4O4. The summed E-state index contributed by atoms with van der Waals surface area (Å²) in [5, 5.41) is 17.8. The summed E-state index contributed by atoms with van der Waals surface area (Å²) in [4.78, 5) is 35.6. The highest BCUT2D eigenvalue weighted by atomic mass is 19.1. The third kappa shape index (κ3) is 3.63. The van der Waals surface area contributed by atoms with Crippen molar-refractivity contribution in [3.05, 3.63) is 91.6 Å². The van der Waals surface area contributed by atoms with Gasteiger partial charge < -0.3 is 5.32 Å².